The third-order valence-corrected chi connectivity index (χ3v) is 3.76. The van der Waals surface area contributed by atoms with Crippen LogP contribution in [0.15, 0.2) is 34.9 Å². The Hall–Kier alpha value is -2.78. The van der Waals surface area contributed by atoms with Gasteiger partial charge in [0.25, 0.3) is 5.91 Å². The molecule has 9 heteroatoms. The number of carbonyl (C=O) groups excluding carboxylic acids is 1. The molecule has 1 amide bonds. The number of benzene rings is 1. The molecule has 0 aliphatic heterocycles. The van der Waals surface area contributed by atoms with E-state index < -0.39 is 0 Å². The predicted molar refractivity (Wildman–Crippen MR) is 112 cm³/mol. The van der Waals surface area contributed by atoms with E-state index in [1.807, 2.05) is 13.8 Å². The van der Waals surface area contributed by atoms with E-state index in [0.717, 1.165) is 0 Å². The van der Waals surface area contributed by atoms with Crippen LogP contribution in [0.2, 0.25) is 0 Å². The minimum Gasteiger partial charge on any atom is -0.492 e. The number of hydrogen-bond donors (Lipinski definition) is 3. The SMILES string of the molecule is CCOc1cc(NC(=S)NCCOC)c(OCC)cc1NC(=O)c1ccco1. The Bertz CT molecular complexity index is 780. The van der Waals surface area contributed by atoms with Crippen LogP contribution in [0.4, 0.5) is 11.4 Å². The zero-order chi connectivity index (χ0) is 20.4. The molecule has 8 nitrogen and oxygen atoms in total. The van der Waals surface area contributed by atoms with Gasteiger partial charge >= 0.3 is 0 Å². The Kier molecular flexibility index (Phi) is 8.57. The third-order valence-electron chi connectivity index (χ3n) is 3.51. The maximum atomic E-state index is 12.4. The molecule has 0 spiro atoms. The van der Waals surface area contributed by atoms with Crippen molar-refractivity contribution in [3.05, 3.63) is 36.3 Å². The molecular weight excluding hydrogens is 382 g/mol. The lowest BCUT2D eigenvalue weighted by molar-refractivity contribution is 0.0996. The Morgan fingerprint density at radius 1 is 1.11 bits per heavy atom. The van der Waals surface area contributed by atoms with E-state index in [1.165, 1.54) is 6.26 Å². The van der Waals surface area contributed by atoms with Crippen LogP contribution in [0.3, 0.4) is 0 Å². The number of hydrogen-bond acceptors (Lipinski definition) is 6. The molecule has 0 bridgehead atoms. The van der Waals surface area contributed by atoms with Gasteiger partial charge in [-0.25, -0.2) is 0 Å². The Balaban J connectivity index is 2.26. The molecule has 0 atom stereocenters. The fourth-order valence-corrected chi connectivity index (χ4v) is 2.54. The van der Waals surface area contributed by atoms with E-state index in [2.05, 4.69) is 16.0 Å². The lowest BCUT2D eigenvalue weighted by atomic mass is 10.2. The number of amides is 1. The number of carbonyl (C=O) groups is 1. The second-order valence-corrected chi connectivity index (χ2v) is 5.92. The molecule has 0 aliphatic rings. The molecule has 0 saturated carbocycles. The quantitative estimate of drug-likeness (QED) is 0.408. The minimum atomic E-state index is -0.383. The first-order valence-electron chi connectivity index (χ1n) is 8.91. The van der Waals surface area contributed by atoms with Crippen LogP contribution in [0.25, 0.3) is 0 Å². The first-order valence-corrected chi connectivity index (χ1v) is 9.32. The second-order valence-electron chi connectivity index (χ2n) is 5.52. The highest BCUT2D eigenvalue weighted by Crippen LogP contribution is 2.37. The van der Waals surface area contributed by atoms with Gasteiger partial charge < -0.3 is 34.6 Å². The molecule has 0 unspecified atom stereocenters. The van der Waals surface area contributed by atoms with Crippen LogP contribution in [0, 0.1) is 0 Å². The van der Waals surface area contributed by atoms with Gasteiger partial charge in [0, 0.05) is 25.8 Å². The molecule has 1 heterocycles. The first-order chi connectivity index (χ1) is 13.6. The predicted octanol–water partition coefficient (Wildman–Crippen LogP) is 3.26. The van der Waals surface area contributed by atoms with Crippen LogP contribution in [-0.2, 0) is 4.74 Å². The van der Waals surface area contributed by atoms with Crippen molar-refractivity contribution >= 4 is 34.6 Å². The summed E-state index contributed by atoms with van der Waals surface area (Å²) in [5.74, 6) is 0.821. The number of methoxy groups -OCH3 is 1. The Labute approximate surface area is 169 Å². The average molecular weight is 407 g/mol. The fourth-order valence-electron chi connectivity index (χ4n) is 2.33. The van der Waals surface area contributed by atoms with Crippen LogP contribution in [-0.4, -0.2) is 44.5 Å². The van der Waals surface area contributed by atoms with E-state index in [1.54, 1.807) is 31.4 Å². The maximum absolute atomic E-state index is 12.4. The minimum absolute atomic E-state index is 0.200. The van der Waals surface area contributed by atoms with Gasteiger partial charge in [-0.05, 0) is 38.2 Å². The number of ether oxygens (including phenoxy) is 3. The van der Waals surface area contributed by atoms with Crippen molar-refractivity contribution in [2.24, 2.45) is 0 Å². The summed E-state index contributed by atoms with van der Waals surface area (Å²) in [5.41, 5.74) is 1.09. The Morgan fingerprint density at radius 3 is 2.29 bits per heavy atom. The zero-order valence-corrected chi connectivity index (χ0v) is 17.0. The van der Waals surface area contributed by atoms with Gasteiger partial charge in [0.1, 0.15) is 11.5 Å². The zero-order valence-electron chi connectivity index (χ0n) is 16.2. The van der Waals surface area contributed by atoms with Crippen LogP contribution >= 0.6 is 12.2 Å². The van der Waals surface area contributed by atoms with Crippen molar-refractivity contribution in [2.45, 2.75) is 13.8 Å². The summed E-state index contributed by atoms with van der Waals surface area (Å²) in [5, 5.41) is 9.34. The van der Waals surface area contributed by atoms with Crippen LogP contribution in [0.1, 0.15) is 24.4 Å². The summed E-state index contributed by atoms with van der Waals surface area (Å²) in [6, 6.07) is 6.65. The van der Waals surface area contributed by atoms with Gasteiger partial charge in [0.05, 0.1) is 37.5 Å². The lowest BCUT2D eigenvalue weighted by Gasteiger charge is -2.18. The van der Waals surface area contributed by atoms with E-state index in [0.29, 0.717) is 54.4 Å². The van der Waals surface area contributed by atoms with Gasteiger partial charge in [-0.15, -0.1) is 0 Å². The number of nitrogens with one attached hydrogen (secondary N) is 3. The van der Waals surface area contributed by atoms with Crippen molar-refractivity contribution in [3.63, 3.8) is 0 Å². The van der Waals surface area contributed by atoms with Gasteiger partial charge in [-0.2, -0.15) is 0 Å². The van der Waals surface area contributed by atoms with Crippen molar-refractivity contribution < 1.29 is 23.4 Å². The second kappa shape index (κ2) is 11.2. The third kappa shape index (κ3) is 6.14. The van der Waals surface area contributed by atoms with E-state index in [4.69, 9.17) is 30.8 Å². The molecule has 1 aromatic carbocycles. The van der Waals surface area contributed by atoms with Crippen molar-refractivity contribution in [2.75, 3.05) is 44.1 Å². The van der Waals surface area contributed by atoms with Crippen LogP contribution < -0.4 is 25.4 Å². The van der Waals surface area contributed by atoms with Crippen LogP contribution in [0.5, 0.6) is 11.5 Å². The summed E-state index contributed by atoms with van der Waals surface area (Å²) in [4.78, 5) is 12.4. The van der Waals surface area contributed by atoms with Gasteiger partial charge in [-0.3, -0.25) is 4.79 Å². The highest BCUT2D eigenvalue weighted by molar-refractivity contribution is 7.80. The lowest BCUT2D eigenvalue weighted by Crippen LogP contribution is -2.31. The van der Waals surface area contributed by atoms with Crippen molar-refractivity contribution in [3.8, 4) is 11.5 Å². The van der Waals surface area contributed by atoms with E-state index >= 15 is 0 Å². The molecule has 28 heavy (non-hydrogen) atoms. The summed E-state index contributed by atoms with van der Waals surface area (Å²) in [6.45, 7) is 5.70. The normalized spacial score (nSPS) is 10.2. The standard InChI is InChI=1S/C19H25N3O5S/c1-4-25-16-12-14(22-19(28)20-8-10-24-3)17(26-5-2)11-13(16)21-18(23)15-7-6-9-27-15/h6-7,9,11-12H,4-5,8,10H2,1-3H3,(H,21,23)(H2,20,22,28). The van der Waals surface area contributed by atoms with Crippen molar-refractivity contribution in [1.82, 2.24) is 5.32 Å². The molecule has 0 aliphatic carbocycles. The largest absolute Gasteiger partial charge is 0.492 e. The summed E-state index contributed by atoms with van der Waals surface area (Å²) >= 11 is 5.30. The smallest absolute Gasteiger partial charge is 0.291 e. The fraction of sp³-hybridized carbons (Fsp3) is 0.368. The van der Waals surface area contributed by atoms with Gasteiger partial charge in [0.15, 0.2) is 10.9 Å². The number of rotatable bonds is 10. The Morgan fingerprint density at radius 2 is 1.75 bits per heavy atom. The topological polar surface area (TPSA) is 94.0 Å². The molecule has 0 fully saturated rings. The monoisotopic (exact) mass is 407 g/mol. The summed E-state index contributed by atoms with van der Waals surface area (Å²) in [7, 11) is 1.62. The molecule has 3 N–H and O–H groups in total. The summed E-state index contributed by atoms with van der Waals surface area (Å²) < 4.78 is 21.5. The number of furan rings is 1. The average Bonchev–Trinajstić information content (AvgIpc) is 3.20. The van der Waals surface area contributed by atoms with Crippen molar-refractivity contribution in [1.29, 1.82) is 0 Å². The molecule has 2 aromatic rings. The van der Waals surface area contributed by atoms with Gasteiger partial charge in [0.2, 0.25) is 0 Å². The molecule has 2 rings (SSSR count). The maximum Gasteiger partial charge on any atom is 0.291 e. The molecule has 0 saturated heterocycles. The first kappa shape index (κ1) is 21.5. The van der Waals surface area contributed by atoms with E-state index in [9.17, 15) is 4.79 Å². The molecule has 1 aromatic heterocycles. The highest BCUT2D eigenvalue weighted by Gasteiger charge is 2.17. The van der Waals surface area contributed by atoms with Gasteiger partial charge in [-0.1, -0.05) is 0 Å². The molecular formula is C19H25N3O5S. The number of anilines is 2. The van der Waals surface area contributed by atoms with E-state index in [-0.39, 0.29) is 11.7 Å². The summed E-state index contributed by atoms with van der Waals surface area (Å²) in [6.07, 6.45) is 1.44. The number of thiocarbonyl (C=S) groups is 1. The highest BCUT2D eigenvalue weighted by atomic mass is 32.1. The molecule has 152 valence electrons. The molecule has 0 radical (unpaired) electrons.